The van der Waals surface area contributed by atoms with Gasteiger partial charge >= 0.3 is 0 Å². The Morgan fingerprint density at radius 2 is 2.17 bits per heavy atom. The van der Waals surface area contributed by atoms with Gasteiger partial charge in [0.1, 0.15) is 5.82 Å². The van der Waals surface area contributed by atoms with Crippen molar-refractivity contribution < 1.29 is 13.6 Å². The van der Waals surface area contributed by atoms with Gasteiger partial charge in [-0.2, -0.15) is 0 Å². The zero-order chi connectivity index (χ0) is 13.1. The van der Waals surface area contributed by atoms with E-state index < -0.39 is 11.6 Å². The van der Waals surface area contributed by atoms with Crippen molar-refractivity contribution >= 4 is 27.5 Å². The Hall–Kier alpha value is -1.01. The van der Waals surface area contributed by atoms with Crippen LogP contribution in [-0.4, -0.2) is 18.5 Å². The van der Waals surface area contributed by atoms with Gasteiger partial charge < -0.3 is 10.6 Å². The molecule has 0 aliphatic carbocycles. The van der Waals surface area contributed by atoms with Gasteiger partial charge in [-0.25, -0.2) is 8.78 Å². The second-order valence-electron chi connectivity index (χ2n) is 4.24. The molecular weight excluding hydrogens is 306 g/mol. The van der Waals surface area contributed by atoms with E-state index in [-0.39, 0.29) is 22.1 Å². The van der Waals surface area contributed by atoms with Crippen LogP contribution in [0.1, 0.15) is 19.3 Å². The fraction of sp³-hybridized carbons (Fsp3) is 0.417. The zero-order valence-corrected chi connectivity index (χ0v) is 11.2. The summed E-state index contributed by atoms with van der Waals surface area (Å²) in [5.74, 6) is -1.76. The van der Waals surface area contributed by atoms with E-state index in [9.17, 15) is 13.6 Å². The van der Waals surface area contributed by atoms with Gasteiger partial charge in [-0.05, 0) is 41.4 Å². The number of rotatable bonds is 2. The number of halogens is 3. The normalized spacial score (nSPS) is 19.6. The molecule has 0 saturated carbocycles. The van der Waals surface area contributed by atoms with Crippen LogP contribution in [0.3, 0.4) is 0 Å². The molecule has 0 aromatic heterocycles. The first-order valence-electron chi connectivity index (χ1n) is 5.76. The van der Waals surface area contributed by atoms with Gasteiger partial charge in [0.15, 0.2) is 5.82 Å². The lowest BCUT2D eigenvalue weighted by molar-refractivity contribution is -0.118. The summed E-state index contributed by atoms with van der Waals surface area (Å²) in [4.78, 5) is 11.9. The van der Waals surface area contributed by atoms with Gasteiger partial charge in [0, 0.05) is 10.5 Å². The largest absolute Gasteiger partial charge is 0.321 e. The molecule has 1 aliphatic heterocycles. The van der Waals surface area contributed by atoms with Crippen LogP contribution in [0.2, 0.25) is 0 Å². The highest BCUT2D eigenvalue weighted by Gasteiger charge is 2.22. The molecule has 1 aliphatic rings. The minimum Gasteiger partial charge on any atom is -0.321 e. The van der Waals surface area contributed by atoms with Crippen molar-refractivity contribution in [2.24, 2.45) is 0 Å². The quantitative estimate of drug-likeness (QED) is 0.880. The molecule has 1 atom stereocenters. The molecule has 98 valence electrons. The van der Waals surface area contributed by atoms with Gasteiger partial charge in [-0.3, -0.25) is 4.79 Å². The first kappa shape index (κ1) is 13.4. The maximum Gasteiger partial charge on any atom is 0.241 e. The van der Waals surface area contributed by atoms with E-state index in [2.05, 4.69) is 26.6 Å². The summed E-state index contributed by atoms with van der Waals surface area (Å²) in [6, 6.07) is 1.55. The Bertz CT molecular complexity index is 438. The molecule has 1 aromatic carbocycles. The predicted octanol–water partition coefficient (Wildman–Crippen LogP) is 2.81. The number of nitrogens with one attached hydrogen (secondary N) is 2. The molecule has 1 saturated heterocycles. The number of amides is 1. The molecule has 1 aromatic rings. The average Bonchev–Trinajstić information content (AvgIpc) is 2.34. The van der Waals surface area contributed by atoms with Gasteiger partial charge in [-0.1, -0.05) is 6.42 Å². The predicted molar refractivity (Wildman–Crippen MR) is 68.3 cm³/mol. The standard InChI is InChI=1S/C12H13BrF2N2O/c13-8-5-7(14)6-9(15)11(8)17-12(18)10-3-1-2-4-16-10/h5-6,10,16H,1-4H2,(H,17,18)/t10-/m1/s1. The molecule has 6 heteroatoms. The van der Waals surface area contributed by atoms with Crippen molar-refractivity contribution in [1.82, 2.24) is 5.32 Å². The second-order valence-corrected chi connectivity index (χ2v) is 5.09. The highest BCUT2D eigenvalue weighted by Crippen LogP contribution is 2.27. The van der Waals surface area contributed by atoms with E-state index in [1.807, 2.05) is 0 Å². The summed E-state index contributed by atoms with van der Waals surface area (Å²) in [6.07, 6.45) is 2.74. The Morgan fingerprint density at radius 1 is 1.39 bits per heavy atom. The van der Waals surface area contributed by atoms with Crippen molar-refractivity contribution in [2.45, 2.75) is 25.3 Å². The van der Waals surface area contributed by atoms with Crippen LogP contribution in [0, 0.1) is 11.6 Å². The SMILES string of the molecule is O=C(Nc1c(F)cc(F)cc1Br)[C@H]1CCCCN1. The molecule has 2 N–H and O–H groups in total. The molecule has 3 nitrogen and oxygen atoms in total. The third-order valence-corrected chi connectivity index (χ3v) is 3.51. The number of anilines is 1. The van der Waals surface area contributed by atoms with Gasteiger partial charge in [0.2, 0.25) is 5.91 Å². The number of carbonyl (C=O) groups is 1. The van der Waals surface area contributed by atoms with E-state index in [1.165, 1.54) is 0 Å². The highest BCUT2D eigenvalue weighted by molar-refractivity contribution is 9.10. The Labute approximate surface area is 112 Å². The van der Waals surface area contributed by atoms with E-state index >= 15 is 0 Å². The lowest BCUT2D eigenvalue weighted by Crippen LogP contribution is -2.43. The van der Waals surface area contributed by atoms with Gasteiger partial charge in [0.25, 0.3) is 0 Å². The van der Waals surface area contributed by atoms with Crippen molar-refractivity contribution in [1.29, 1.82) is 0 Å². The zero-order valence-electron chi connectivity index (χ0n) is 9.60. The summed E-state index contributed by atoms with van der Waals surface area (Å²) >= 11 is 3.04. The van der Waals surface area contributed by atoms with Crippen molar-refractivity contribution in [2.75, 3.05) is 11.9 Å². The summed E-state index contributed by atoms with van der Waals surface area (Å²) in [7, 11) is 0. The first-order valence-corrected chi connectivity index (χ1v) is 6.56. The molecule has 2 rings (SSSR count). The summed E-state index contributed by atoms with van der Waals surface area (Å²) in [5.41, 5.74) is -0.0197. The van der Waals surface area contributed by atoms with Crippen LogP contribution in [0.25, 0.3) is 0 Å². The van der Waals surface area contributed by atoms with Crippen LogP contribution in [0.15, 0.2) is 16.6 Å². The summed E-state index contributed by atoms with van der Waals surface area (Å²) in [5, 5.41) is 5.55. The Balaban J connectivity index is 2.11. The van der Waals surface area contributed by atoms with Crippen molar-refractivity contribution in [3.63, 3.8) is 0 Å². The molecule has 0 bridgehead atoms. The van der Waals surface area contributed by atoms with E-state index in [0.717, 1.165) is 37.9 Å². The molecule has 1 fully saturated rings. The number of hydrogen-bond acceptors (Lipinski definition) is 2. The average molecular weight is 319 g/mol. The number of hydrogen-bond donors (Lipinski definition) is 2. The minimum atomic E-state index is -0.786. The lowest BCUT2D eigenvalue weighted by atomic mass is 10.0. The van der Waals surface area contributed by atoms with Crippen LogP contribution < -0.4 is 10.6 Å². The molecule has 0 spiro atoms. The molecule has 1 heterocycles. The number of benzene rings is 1. The van der Waals surface area contributed by atoms with Crippen molar-refractivity contribution in [3.05, 3.63) is 28.2 Å². The smallest absolute Gasteiger partial charge is 0.241 e. The fourth-order valence-corrected chi connectivity index (χ4v) is 2.45. The lowest BCUT2D eigenvalue weighted by Gasteiger charge is -2.22. The van der Waals surface area contributed by atoms with Crippen LogP contribution in [0.4, 0.5) is 14.5 Å². The second kappa shape index (κ2) is 5.75. The summed E-state index contributed by atoms with van der Waals surface area (Å²) in [6.45, 7) is 0.783. The van der Waals surface area contributed by atoms with Gasteiger partial charge in [0.05, 0.1) is 11.7 Å². The number of carbonyl (C=O) groups excluding carboxylic acids is 1. The molecule has 0 unspecified atom stereocenters. The third kappa shape index (κ3) is 3.05. The monoisotopic (exact) mass is 318 g/mol. The molecule has 0 radical (unpaired) electrons. The van der Waals surface area contributed by atoms with E-state index in [4.69, 9.17) is 0 Å². The molecule has 18 heavy (non-hydrogen) atoms. The molecular formula is C12H13BrF2N2O. The minimum absolute atomic E-state index is 0.0197. The van der Waals surface area contributed by atoms with E-state index in [1.54, 1.807) is 0 Å². The van der Waals surface area contributed by atoms with E-state index in [0.29, 0.717) is 0 Å². The van der Waals surface area contributed by atoms with Crippen LogP contribution >= 0.6 is 15.9 Å². The number of piperidine rings is 1. The topological polar surface area (TPSA) is 41.1 Å². The van der Waals surface area contributed by atoms with Crippen molar-refractivity contribution in [3.8, 4) is 0 Å². The fourth-order valence-electron chi connectivity index (χ4n) is 1.95. The Morgan fingerprint density at radius 3 is 2.78 bits per heavy atom. The van der Waals surface area contributed by atoms with Crippen LogP contribution in [-0.2, 0) is 4.79 Å². The van der Waals surface area contributed by atoms with Crippen LogP contribution in [0.5, 0.6) is 0 Å². The maximum absolute atomic E-state index is 13.5. The maximum atomic E-state index is 13.5. The highest BCUT2D eigenvalue weighted by atomic mass is 79.9. The third-order valence-electron chi connectivity index (χ3n) is 2.88. The Kier molecular flexibility index (Phi) is 4.29. The van der Waals surface area contributed by atoms with Gasteiger partial charge in [-0.15, -0.1) is 0 Å². The molecule has 1 amide bonds. The summed E-state index contributed by atoms with van der Waals surface area (Å²) < 4.78 is 26.6. The first-order chi connectivity index (χ1) is 8.58.